The van der Waals surface area contributed by atoms with Crippen LogP contribution in [0.15, 0.2) is 35.2 Å². The second-order valence-corrected chi connectivity index (χ2v) is 13.7. The smallest absolute Gasteiger partial charge is 0.393 e. The summed E-state index contributed by atoms with van der Waals surface area (Å²) in [5.41, 5.74) is 0.775. The fourth-order valence-corrected chi connectivity index (χ4v) is 7.57. The fourth-order valence-electron chi connectivity index (χ4n) is 5.33. The summed E-state index contributed by atoms with van der Waals surface area (Å²) in [6.07, 6.45) is -1.70. The van der Waals surface area contributed by atoms with Crippen molar-refractivity contribution in [3.63, 3.8) is 0 Å². The molecule has 4 rings (SSSR count). The number of benzene rings is 2. The topological polar surface area (TPSA) is 124 Å². The molecule has 9 nitrogen and oxygen atoms in total. The minimum atomic E-state index is -4.56. The number of nitrogens with zero attached hydrogens (tertiary/aromatic N) is 2. The summed E-state index contributed by atoms with van der Waals surface area (Å²) in [4.78, 5) is 12.9. The van der Waals surface area contributed by atoms with Gasteiger partial charge in [0.05, 0.1) is 33.9 Å². The second-order valence-electron chi connectivity index (χ2n) is 11.0. The number of thiophene rings is 1. The first-order valence-corrected chi connectivity index (χ1v) is 16.6. The number of carbonyl (C=O) groups excluding carboxylic acids is 1. The van der Waals surface area contributed by atoms with Gasteiger partial charge in [-0.25, -0.2) is 17.5 Å². The Morgan fingerprint density at radius 1 is 1.15 bits per heavy atom. The molecule has 1 amide bonds. The Bertz CT molecular complexity index is 1800. The molecule has 1 aliphatic carbocycles. The van der Waals surface area contributed by atoms with Crippen LogP contribution in [-0.2, 0) is 21.2 Å². The van der Waals surface area contributed by atoms with E-state index in [1.54, 1.807) is 22.9 Å². The van der Waals surface area contributed by atoms with Gasteiger partial charge in [-0.2, -0.15) is 18.4 Å². The summed E-state index contributed by atoms with van der Waals surface area (Å²) < 4.78 is 88.2. The summed E-state index contributed by atoms with van der Waals surface area (Å²) in [5.74, 6) is 3.24. The predicted octanol–water partition coefficient (Wildman–Crippen LogP) is 5.62. The maximum absolute atomic E-state index is 14.8. The lowest BCUT2D eigenvalue weighted by Crippen LogP contribution is -2.36. The Labute approximate surface area is 269 Å². The highest BCUT2D eigenvalue weighted by atomic mass is 32.2. The molecule has 0 atom stereocenters. The quantitative estimate of drug-likeness (QED) is 0.187. The lowest BCUT2D eigenvalue weighted by Gasteiger charge is -2.33. The molecule has 1 saturated carbocycles. The van der Waals surface area contributed by atoms with E-state index in [4.69, 9.17) is 10.00 Å². The van der Waals surface area contributed by atoms with Crippen molar-refractivity contribution in [1.82, 2.24) is 9.62 Å². The van der Waals surface area contributed by atoms with Gasteiger partial charge in [0.25, 0.3) is 10.0 Å². The molecule has 3 aromatic rings. The van der Waals surface area contributed by atoms with Crippen molar-refractivity contribution in [2.45, 2.75) is 62.2 Å². The summed E-state index contributed by atoms with van der Waals surface area (Å²) in [5, 5.41) is 15.7. The number of sulfonamides is 1. The summed E-state index contributed by atoms with van der Waals surface area (Å²) in [7, 11) is -0.440. The lowest BCUT2D eigenvalue weighted by molar-refractivity contribution is -0.127. The van der Waals surface area contributed by atoms with Crippen LogP contribution in [0.3, 0.4) is 0 Å². The molecule has 0 saturated heterocycles. The standard InChI is InChI=1S/C31H33F4N5O4S2/c1-19(41)39-46(42,43)29-17-27(44-15-13-36)26(16-24(29)32)37-14-5-8-28-23(18-31(33,34)35)22-6-4-7-25(30(22)45-28)38-20-9-11-21(12-10-20)40(2)3/h4,6-7,16-17,20-21,37-38H,9-12,14-15,18H2,1-3H3,(H,39,41). The van der Waals surface area contributed by atoms with Crippen molar-refractivity contribution in [3.05, 3.63) is 46.6 Å². The number of nitrogens with one attached hydrogen (secondary N) is 3. The van der Waals surface area contributed by atoms with Crippen LogP contribution in [0.25, 0.3) is 10.1 Å². The number of nitriles is 1. The largest absolute Gasteiger partial charge is 0.477 e. The predicted molar refractivity (Wildman–Crippen MR) is 169 cm³/mol. The molecule has 2 aromatic carbocycles. The van der Waals surface area contributed by atoms with Crippen LogP contribution in [0.1, 0.15) is 43.0 Å². The van der Waals surface area contributed by atoms with Gasteiger partial charge in [-0.3, -0.25) is 4.79 Å². The maximum Gasteiger partial charge on any atom is 0.393 e. The first-order chi connectivity index (χ1) is 21.7. The summed E-state index contributed by atoms with van der Waals surface area (Å²) in [6, 6.07) is 9.30. The van der Waals surface area contributed by atoms with Gasteiger partial charge in [0.1, 0.15) is 22.5 Å². The highest BCUT2D eigenvalue weighted by Crippen LogP contribution is 2.40. The number of amides is 1. The van der Waals surface area contributed by atoms with Gasteiger partial charge in [-0.05, 0) is 56.8 Å². The Morgan fingerprint density at radius 3 is 2.50 bits per heavy atom. The minimum absolute atomic E-state index is 0.0499. The molecule has 1 heterocycles. The van der Waals surface area contributed by atoms with E-state index in [1.807, 2.05) is 6.07 Å². The van der Waals surface area contributed by atoms with Gasteiger partial charge in [0, 0.05) is 31.1 Å². The zero-order valence-corrected chi connectivity index (χ0v) is 27.0. The zero-order valence-electron chi connectivity index (χ0n) is 25.3. The zero-order chi connectivity index (χ0) is 33.6. The highest BCUT2D eigenvalue weighted by molar-refractivity contribution is 7.90. The third-order valence-corrected chi connectivity index (χ3v) is 10.1. The Morgan fingerprint density at radius 2 is 1.87 bits per heavy atom. The lowest BCUT2D eigenvalue weighted by atomic mass is 9.90. The molecule has 15 heteroatoms. The molecule has 1 fully saturated rings. The molecule has 0 bridgehead atoms. The van der Waals surface area contributed by atoms with Crippen LogP contribution < -0.4 is 20.1 Å². The molecule has 3 N–H and O–H groups in total. The van der Waals surface area contributed by atoms with Crippen LogP contribution in [0.4, 0.5) is 28.9 Å². The van der Waals surface area contributed by atoms with Gasteiger partial charge in [0.15, 0.2) is 6.61 Å². The van der Waals surface area contributed by atoms with Crippen LogP contribution in [0, 0.1) is 29.0 Å². The minimum Gasteiger partial charge on any atom is -0.477 e. The summed E-state index contributed by atoms with van der Waals surface area (Å²) >= 11 is 1.16. The molecule has 246 valence electrons. The molecular formula is C31H33F4N5O4S2. The molecule has 1 aromatic heterocycles. The number of ether oxygens (including phenoxy) is 1. The van der Waals surface area contributed by atoms with E-state index in [-0.39, 0.29) is 34.5 Å². The van der Waals surface area contributed by atoms with E-state index in [0.29, 0.717) is 16.1 Å². The Hall–Kier alpha value is -4.05. The van der Waals surface area contributed by atoms with Crippen LogP contribution in [0.2, 0.25) is 0 Å². The van der Waals surface area contributed by atoms with Crippen LogP contribution >= 0.6 is 11.3 Å². The van der Waals surface area contributed by atoms with Crippen LogP contribution in [-0.4, -0.2) is 64.7 Å². The van der Waals surface area contributed by atoms with Crippen molar-refractivity contribution in [3.8, 4) is 23.7 Å². The van der Waals surface area contributed by atoms with Crippen molar-refractivity contribution in [2.75, 3.05) is 37.9 Å². The van der Waals surface area contributed by atoms with Gasteiger partial charge in [-0.1, -0.05) is 24.0 Å². The Kier molecular flexibility index (Phi) is 11.0. The number of alkyl halides is 3. The molecular weight excluding hydrogens is 646 g/mol. The first kappa shape index (κ1) is 34.8. The van der Waals surface area contributed by atoms with Crippen molar-refractivity contribution in [2.24, 2.45) is 0 Å². The van der Waals surface area contributed by atoms with E-state index in [1.165, 1.54) is 0 Å². The van der Waals surface area contributed by atoms with E-state index in [2.05, 4.69) is 41.5 Å². The average molecular weight is 680 g/mol. The number of hydrogen-bond acceptors (Lipinski definition) is 9. The van der Waals surface area contributed by atoms with Gasteiger partial charge < -0.3 is 20.3 Å². The third kappa shape index (κ3) is 8.81. The number of carbonyl (C=O) groups is 1. The van der Waals surface area contributed by atoms with Crippen molar-refractivity contribution in [1.29, 1.82) is 5.26 Å². The summed E-state index contributed by atoms with van der Waals surface area (Å²) in [6.45, 7) is 0.268. The molecule has 46 heavy (non-hydrogen) atoms. The highest BCUT2D eigenvalue weighted by Gasteiger charge is 2.31. The fraction of sp³-hybridized carbons (Fsp3) is 0.419. The SMILES string of the molecule is CC(=O)NS(=O)(=O)c1cc(OCC#N)c(NCC#Cc2sc3c(NC4CCC(N(C)C)CC4)cccc3c2CC(F)(F)F)cc1F. The molecule has 0 aliphatic heterocycles. The van der Waals surface area contributed by atoms with E-state index >= 15 is 0 Å². The van der Waals surface area contributed by atoms with E-state index in [9.17, 15) is 30.8 Å². The monoisotopic (exact) mass is 679 g/mol. The van der Waals surface area contributed by atoms with E-state index < -0.39 is 45.8 Å². The second kappa shape index (κ2) is 14.6. The average Bonchev–Trinajstić information content (AvgIpc) is 3.30. The molecule has 1 aliphatic rings. The third-order valence-electron chi connectivity index (χ3n) is 7.45. The maximum atomic E-state index is 14.8. The normalized spacial score (nSPS) is 16.8. The number of anilines is 2. The van der Waals surface area contributed by atoms with Gasteiger partial charge in [-0.15, -0.1) is 11.3 Å². The van der Waals surface area contributed by atoms with E-state index in [0.717, 1.165) is 61.8 Å². The van der Waals surface area contributed by atoms with Gasteiger partial charge >= 0.3 is 6.18 Å². The van der Waals surface area contributed by atoms with Crippen LogP contribution in [0.5, 0.6) is 5.75 Å². The number of hydrogen-bond donors (Lipinski definition) is 3. The first-order valence-electron chi connectivity index (χ1n) is 14.3. The molecule has 0 spiro atoms. The van der Waals surface area contributed by atoms with Gasteiger partial charge in [0.2, 0.25) is 5.91 Å². The number of fused-ring (bicyclic) bond motifs is 1. The molecule has 0 unspecified atom stereocenters. The number of halogens is 4. The number of rotatable bonds is 10. The van der Waals surface area contributed by atoms with Crippen molar-refractivity contribution >= 4 is 48.7 Å². The molecule has 0 radical (unpaired) electrons. The Balaban J connectivity index is 1.60. The van der Waals surface area contributed by atoms with Crippen molar-refractivity contribution < 1.29 is 35.5 Å².